The smallest absolute Gasteiger partial charge is 0.312 e. The summed E-state index contributed by atoms with van der Waals surface area (Å²) >= 11 is 1.63. The third kappa shape index (κ3) is 4.71. The van der Waals surface area contributed by atoms with Crippen molar-refractivity contribution in [3.63, 3.8) is 0 Å². The maximum Gasteiger partial charge on any atom is 0.312 e. The van der Waals surface area contributed by atoms with Crippen LogP contribution in [0.2, 0.25) is 0 Å². The van der Waals surface area contributed by atoms with Crippen LogP contribution in [0.5, 0.6) is 0 Å². The summed E-state index contributed by atoms with van der Waals surface area (Å²) in [6.45, 7) is 0.224. The van der Waals surface area contributed by atoms with Gasteiger partial charge in [-0.2, -0.15) is 5.26 Å². The number of rotatable bonds is 8. The summed E-state index contributed by atoms with van der Waals surface area (Å²) in [6, 6.07) is 17.8. The lowest BCUT2D eigenvalue weighted by molar-refractivity contribution is -0.157. The molecular formula is C28H27N3O3S. The molecule has 1 aliphatic carbocycles. The largest absolute Gasteiger partial charge is 0.457 e. The van der Waals surface area contributed by atoms with Crippen LogP contribution < -0.4 is 0 Å². The van der Waals surface area contributed by atoms with Gasteiger partial charge in [-0.15, -0.1) is 11.3 Å². The SMILES string of the molecule is N#CCCn1cc(C(=O)COC(=O)C2(Cc3nc4ccccc4s3)CCCCC2)c2ccccc21. The summed E-state index contributed by atoms with van der Waals surface area (Å²) in [4.78, 5) is 31.4. The quantitative estimate of drug-likeness (QED) is 0.223. The van der Waals surface area contributed by atoms with Gasteiger partial charge in [-0.3, -0.25) is 9.59 Å². The topological polar surface area (TPSA) is 85.0 Å². The van der Waals surface area contributed by atoms with E-state index in [0.717, 1.165) is 58.2 Å². The zero-order valence-corrected chi connectivity index (χ0v) is 20.4. The number of hydrogen-bond acceptors (Lipinski definition) is 6. The molecule has 1 saturated carbocycles. The first-order valence-corrected chi connectivity index (χ1v) is 12.9. The van der Waals surface area contributed by atoms with E-state index in [1.165, 1.54) is 0 Å². The van der Waals surface area contributed by atoms with E-state index in [-0.39, 0.29) is 18.4 Å². The van der Waals surface area contributed by atoms with Crippen LogP contribution in [-0.4, -0.2) is 27.9 Å². The Kier molecular flexibility index (Phi) is 6.65. The average molecular weight is 486 g/mol. The molecule has 7 heteroatoms. The number of ketones is 1. The molecule has 0 amide bonds. The lowest BCUT2D eigenvalue weighted by atomic mass is 9.72. The van der Waals surface area contributed by atoms with Gasteiger partial charge in [0.2, 0.25) is 5.78 Å². The molecule has 1 aliphatic rings. The summed E-state index contributed by atoms with van der Waals surface area (Å²) in [5, 5.41) is 10.7. The first kappa shape index (κ1) is 23.3. The first-order chi connectivity index (χ1) is 17.1. The second-order valence-electron chi connectivity index (χ2n) is 9.25. The number of carbonyl (C=O) groups excluding carboxylic acids is 2. The number of thiazole rings is 1. The molecule has 178 valence electrons. The molecule has 2 aromatic carbocycles. The third-order valence-electron chi connectivity index (χ3n) is 6.96. The number of benzene rings is 2. The average Bonchev–Trinajstić information content (AvgIpc) is 3.47. The molecule has 0 unspecified atom stereocenters. The molecule has 0 spiro atoms. The van der Waals surface area contributed by atoms with Crippen LogP contribution in [0.3, 0.4) is 0 Å². The van der Waals surface area contributed by atoms with Crippen LogP contribution in [-0.2, 0) is 22.5 Å². The van der Waals surface area contributed by atoms with Crippen LogP contribution in [0.1, 0.15) is 53.9 Å². The molecule has 0 saturated heterocycles. The standard InChI is InChI=1S/C28H27N3O3S/c29-15-8-16-31-18-21(20-9-2-4-11-23(20)31)24(32)19-34-27(33)28(13-6-1-7-14-28)17-26-30-22-10-3-5-12-25(22)35-26/h2-5,9-12,18H,1,6-8,13-14,16-17,19H2. The van der Waals surface area contributed by atoms with Crippen molar-refractivity contribution < 1.29 is 14.3 Å². The molecule has 4 aromatic rings. The van der Waals surface area contributed by atoms with Crippen molar-refractivity contribution in [2.24, 2.45) is 5.41 Å². The summed E-state index contributed by atoms with van der Waals surface area (Å²) in [5.41, 5.74) is 1.75. The Balaban J connectivity index is 1.34. The highest BCUT2D eigenvalue weighted by Crippen LogP contribution is 2.41. The van der Waals surface area contributed by atoms with Gasteiger partial charge in [0.05, 0.1) is 33.1 Å². The van der Waals surface area contributed by atoms with Gasteiger partial charge in [0, 0.05) is 35.6 Å². The van der Waals surface area contributed by atoms with Gasteiger partial charge < -0.3 is 9.30 Å². The van der Waals surface area contributed by atoms with Crippen molar-refractivity contribution >= 4 is 44.2 Å². The van der Waals surface area contributed by atoms with E-state index in [1.807, 2.05) is 53.1 Å². The Labute approximate surface area is 208 Å². The van der Waals surface area contributed by atoms with Crippen LogP contribution in [0.25, 0.3) is 21.1 Å². The number of carbonyl (C=O) groups is 2. The van der Waals surface area contributed by atoms with Crippen molar-refractivity contribution in [3.8, 4) is 6.07 Å². The normalized spacial score (nSPS) is 15.2. The van der Waals surface area contributed by atoms with Crippen LogP contribution in [0.15, 0.2) is 54.7 Å². The molecular weight excluding hydrogens is 458 g/mol. The third-order valence-corrected chi connectivity index (χ3v) is 8.00. The molecule has 5 rings (SSSR count). The number of esters is 1. The van der Waals surface area contributed by atoms with E-state index >= 15 is 0 Å². The Morgan fingerprint density at radius 3 is 2.66 bits per heavy atom. The molecule has 0 N–H and O–H groups in total. The summed E-state index contributed by atoms with van der Waals surface area (Å²) in [6.07, 6.45) is 7.24. The number of aryl methyl sites for hydroxylation is 1. The highest BCUT2D eigenvalue weighted by Gasteiger charge is 2.42. The molecule has 0 atom stereocenters. The van der Waals surface area contributed by atoms with Crippen LogP contribution in [0.4, 0.5) is 0 Å². The highest BCUT2D eigenvalue weighted by atomic mass is 32.1. The van der Waals surface area contributed by atoms with Gasteiger partial charge in [0.1, 0.15) is 0 Å². The molecule has 0 bridgehead atoms. The zero-order chi connectivity index (χ0) is 24.3. The maximum absolute atomic E-state index is 13.4. The fourth-order valence-corrected chi connectivity index (χ4v) is 6.26. The van der Waals surface area contributed by atoms with Crippen molar-refractivity contribution in [2.75, 3.05) is 6.61 Å². The monoisotopic (exact) mass is 485 g/mol. The number of para-hydroxylation sites is 2. The van der Waals surface area contributed by atoms with Crippen LogP contribution >= 0.6 is 11.3 Å². The van der Waals surface area contributed by atoms with Gasteiger partial charge >= 0.3 is 5.97 Å². The fraction of sp³-hybridized carbons (Fsp3) is 0.357. The Morgan fingerprint density at radius 2 is 1.86 bits per heavy atom. The molecule has 1 fully saturated rings. The molecule has 6 nitrogen and oxygen atoms in total. The number of hydrogen-bond donors (Lipinski definition) is 0. The van der Waals surface area contributed by atoms with Gasteiger partial charge in [-0.25, -0.2) is 4.98 Å². The number of aromatic nitrogens is 2. The first-order valence-electron chi connectivity index (χ1n) is 12.1. The van der Waals surface area contributed by atoms with Crippen molar-refractivity contribution in [2.45, 2.75) is 51.5 Å². The lowest BCUT2D eigenvalue weighted by Gasteiger charge is -2.34. The highest BCUT2D eigenvalue weighted by molar-refractivity contribution is 7.18. The molecule has 0 aliphatic heterocycles. The van der Waals surface area contributed by atoms with E-state index in [1.54, 1.807) is 17.5 Å². The molecule has 2 aromatic heterocycles. The molecule has 35 heavy (non-hydrogen) atoms. The Bertz CT molecular complexity index is 1390. The summed E-state index contributed by atoms with van der Waals surface area (Å²) < 4.78 is 8.75. The number of ether oxygens (including phenoxy) is 1. The van der Waals surface area contributed by atoms with Crippen LogP contribution in [0, 0.1) is 16.7 Å². The predicted octanol–water partition coefficient (Wildman–Crippen LogP) is 6.08. The minimum absolute atomic E-state index is 0.226. The molecule has 2 heterocycles. The number of fused-ring (bicyclic) bond motifs is 2. The van der Waals surface area contributed by atoms with Gasteiger partial charge in [0.25, 0.3) is 0 Å². The van der Waals surface area contributed by atoms with E-state index in [9.17, 15) is 9.59 Å². The van der Waals surface area contributed by atoms with Crippen molar-refractivity contribution in [1.29, 1.82) is 5.26 Å². The second-order valence-corrected chi connectivity index (χ2v) is 10.4. The van der Waals surface area contributed by atoms with E-state index in [2.05, 4.69) is 6.07 Å². The Hall–Kier alpha value is -3.50. The van der Waals surface area contributed by atoms with Gasteiger partial charge in [-0.05, 0) is 31.0 Å². The minimum atomic E-state index is -0.632. The van der Waals surface area contributed by atoms with Crippen molar-refractivity contribution in [3.05, 3.63) is 65.3 Å². The maximum atomic E-state index is 13.4. The number of Topliss-reactive ketones (excluding diaryl/α,β-unsaturated/α-hetero) is 1. The van der Waals surface area contributed by atoms with E-state index in [0.29, 0.717) is 24.9 Å². The number of nitrogens with zero attached hydrogens (tertiary/aromatic N) is 3. The summed E-state index contributed by atoms with van der Waals surface area (Å²) in [7, 11) is 0. The lowest BCUT2D eigenvalue weighted by Crippen LogP contribution is -2.38. The second kappa shape index (κ2) is 10.0. The van der Waals surface area contributed by atoms with Crippen molar-refractivity contribution in [1.82, 2.24) is 9.55 Å². The van der Waals surface area contributed by atoms with E-state index in [4.69, 9.17) is 15.0 Å². The predicted molar refractivity (Wildman–Crippen MR) is 136 cm³/mol. The van der Waals surface area contributed by atoms with Gasteiger partial charge in [0.15, 0.2) is 6.61 Å². The molecule has 0 radical (unpaired) electrons. The van der Waals surface area contributed by atoms with E-state index < -0.39 is 5.41 Å². The zero-order valence-electron chi connectivity index (χ0n) is 19.5. The number of nitriles is 1. The summed E-state index contributed by atoms with van der Waals surface area (Å²) in [5.74, 6) is -0.519. The Morgan fingerprint density at radius 1 is 1.09 bits per heavy atom. The van der Waals surface area contributed by atoms with Gasteiger partial charge in [-0.1, -0.05) is 49.6 Å². The minimum Gasteiger partial charge on any atom is -0.457 e. The fourth-order valence-electron chi connectivity index (χ4n) is 5.15.